The summed E-state index contributed by atoms with van der Waals surface area (Å²) in [6.45, 7) is 4.46. The number of nitrogens with one attached hydrogen (secondary N) is 1. The highest BCUT2D eigenvalue weighted by molar-refractivity contribution is 9.10. The van der Waals surface area contributed by atoms with Crippen LogP contribution in [-0.4, -0.2) is 35.1 Å². The number of halogens is 2. The zero-order valence-electron chi connectivity index (χ0n) is 16.0. The fourth-order valence-electron chi connectivity index (χ4n) is 2.66. The number of carbonyl (C=O) groups excluding carboxylic acids is 2. The lowest BCUT2D eigenvalue weighted by atomic mass is 10.1. The molecular weight excluding hydrogens is 443 g/mol. The quantitative estimate of drug-likeness (QED) is 0.596. The van der Waals surface area contributed by atoms with Crippen LogP contribution in [0.25, 0.3) is 0 Å². The van der Waals surface area contributed by atoms with Gasteiger partial charge in [0, 0.05) is 23.3 Å². The van der Waals surface area contributed by atoms with E-state index in [0.717, 1.165) is 15.6 Å². The first kappa shape index (κ1) is 22.4. The number of hydrogen-bond acceptors (Lipinski definition) is 3. The number of nitrogens with zero attached hydrogens (tertiary/aromatic N) is 1. The molecule has 0 aliphatic rings. The molecule has 0 fully saturated rings. The van der Waals surface area contributed by atoms with Gasteiger partial charge in [-0.15, -0.1) is 11.8 Å². The van der Waals surface area contributed by atoms with Gasteiger partial charge in [0.2, 0.25) is 11.8 Å². The van der Waals surface area contributed by atoms with Crippen LogP contribution in [0, 0.1) is 5.82 Å². The minimum Gasteiger partial charge on any atom is -0.355 e. The summed E-state index contributed by atoms with van der Waals surface area (Å²) in [5.74, 6) is 0.294. The lowest BCUT2D eigenvalue weighted by molar-refractivity contribution is -0.138. The maximum Gasteiger partial charge on any atom is 0.242 e. The van der Waals surface area contributed by atoms with Gasteiger partial charge in [0.1, 0.15) is 11.9 Å². The minimum atomic E-state index is -0.571. The molecule has 0 radical (unpaired) electrons. The first-order valence-corrected chi connectivity index (χ1v) is 11.0. The van der Waals surface area contributed by atoms with Gasteiger partial charge >= 0.3 is 0 Å². The second-order valence-electron chi connectivity index (χ2n) is 6.34. The Hall–Kier alpha value is -1.86. The van der Waals surface area contributed by atoms with Crippen molar-refractivity contribution in [2.45, 2.75) is 32.2 Å². The highest BCUT2D eigenvalue weighted by atomic mass is 79.9. The van der Waals surface area contributed by atoms with Crippen molar-refractivity contribution in [3.05, 3.63) is 69.9 Å². The average Bonchev–Trinajstić information content (AvgIpc) is 2.67. The molecule has 1 unspecified atom stereocenters. The second-order valence-corrected chi connectivity index (χ2v) is 8.24. The molecule has 4 nitrogen and oxygen atoms in total. The molecule has 2 aromatic carbocycles. The molecule has 0 saturated heterocycles. The van der Waals surface area contributed by atoms with Gasteiger partial charge in [-0.1, -0.05) is 40.2 Å². The first-order valence-electron chi connectivity index (χ1n) is 9.04. The molecule has 2 rings (SSSR count). The molecule has 2 amide bonds. The van der Waals surface area contributed by atoms with E-state index in [2.05, 4.69) is 21.2 Å². The maximum absolute atomic E-state index is 13.0. The van der Waals surface area contributed by atoms with Gasteiger partial charge in [0.25, 0.3) is 0 Å². The van der Waals surface area contributed by atoms with Gasteiger partial charge in [-0.3, -0.25) is 9.59 Å². The van der Waals surface area contributed by atoms with Crippen LogP contribution in [0.3, 0.4) is 0 Å². The van der Waals surface area contributed by atoms with Gasteiger partial charge in [-0.2, -0.15) is 0 Å². The Kier molecular flexibility index (Phi) is 8.99. The van der Waals surface area contributed by atoms with Crippen LogP contribution in [-0.2, 0) is 21.9 Å². The van der Waals surface area contributed by atoms with Crippen molar-refractivity contribution < 1.29 is 14.0 Å². The van der Waals surface area contributed by atoms with E-state index in [9.17, 15) is 14.0 Å². The number of amides is 2. The van der Waals surface area contributed by atoms with Crippen molar-refractivity contribution in [1.82, 2.24) is 10.2 Å². The molecule has 28 heavy (non-hydrogen) atoms. The Bertz CT molecular complexity index is 801. The SMILES string of the molecule is CCNC(=O)C(C)N(Cc1cccc(Br)c1)C(=O)CSCc1ccc(F)cc1. The third-order valence-corrected chi connectivity index (χ3v) is 5.65. The van der Waals surface area contributed by atoms with Crippen molar-refractivity contribution in [3.8, 4) is 0 Å². The molecule has 0 spiro atoms. The molecule has 0 heterocycles. The summed E-state index contributed by atoms with van der Waals surface area (Å²) in [6.07, 6.45) is 0. The Morgan fingerprint density at radius 1 is 1.18 bits per heavy atom. The van der Waals surface area contributed by atoms with Gasteiger partial charge in [-0.05, 0) is 49.2 Å². The van der Waals surface area contributed by atoms with Gasteiger partial charge < -0.3 is 10.2 Å². The smallest absolute Gasteiger partial charge is 0.242 e. The molecule has 7 heteroatoms. The molecule has 2 aromatic rings. The first-order chi connectivity index (χ1) is 13.4. The van der Waals surface area contributed by atoms with E-state index in [1.807, 2.05) is 31.2 Å². The largest absolute Gasteiger partial charge is 0.355 e. The predicted molar refractivity (Wildman–Crippen MR) is 115 cm³/mol. The van der Waals surface area contributed by atoms with E-state index in [1.165, 1.54) is 23.9 Å². The van der Waals surface area contributed by atoms with Gasteiger partial charge in [0.15, 0.2) is 0 Å². The summed E-state index contributed by atoms with van der Waals surface area (Å²) in [5.41, 5.74) is 1.90. The monoisotopic (exact) mass is 466 g/mol. The molecule has 0 bridgehead atoms. The Morgan fingerprint density at radius 2 is 1.89 bits per heavy atom. The third-order valence-electron chi connectivity index (χ3n) is 4.17. The summed E-state index contributed by atoms with van der Waals surface area (Å²) < 4.78 is 13.9. The second kappa shape index (κ2) is 11.2. The third kappa shape index (κ3) is 6.95. The molecule has 0 aliphatic heterocycles. The summed E-state index contributed by atoms with van der Waals surface area (Å²) in [4.78, 5) is 26.8. The zero-order chi connectivity index (χ0) is 20.5. The summed E-state index contributed by atoms with van der Waals surface area (Å²) >= 11 is 4.89. The normalized spacial score (nSPS) is 11.7. The van der Waals surface area contributed by atoms with Crippen molar-refractivity contribution in [2.24, 2.45) is 0 Å². The van der Waals surface area contributed by atoms with E-state index >= 15 is 0 Å². The van der Waals surface area contributed by atoms with E-state index < -0.39 is 6.04 Å². The van der Waals surface area contributed by atoms with E-state index in [1.54, 1.807) is 24.0 Å². The summed E-state index contributed by atoms with van der Waals surface area (Å²) in [5, 5.41) is 2.78. The fourth-order valence-corrected chi connectivity index (χ4v) is 3.97. The van der Waals surface area contributed by atoms with Crippen molar-refractivity contribution in [3.63, 3.8) is 0 Å². The maximum atomic E-state index is 13.0. The van der Waals surface area contributed by atoms with E-state index in [4.69, 9.17) is 0 Å². The molecule has 0 aromatic heterocycles. The predicted octanol–water partition coefficient (Wildman–Crippen LogP) is 4.37. The van der Waals surface area contributed by atoms with Gasteiger partial charge in [-0.25, -0.2) is 4.39 Å². The topological polar surface area (TPSA) is 49.4 Å². The number of thioether (sulfide) groups is 1. The molecule has 0 saturated carbocycles. The Morgan fingerprint density at radius 3 is 2.54 bits per heavy atom. The molecule has 1 atom stereocenters. The van der Waals surface area contributed by atoms with Crippen molar-refractivity contribution in [2.75, 3.05) is 12.3 Å². The van der Waals surface area contributed by atoms with Crippen LogP contribution >= 0.6 is 27.7 Å². The number of carbonyl (C=O) groups is 2. The van der Waals surface area contributed by atoms with E-state index in [0.29, 0.717) is 18.8 Å². The Balaban J connectivity index is 2.04. The Labute approximate surface area is 178 Å². The van der Waals surface area contributed by atoms with Crippen LogP contribution in [0.2, 0.25) is 0 Å². The lowest BCUT2D eigenvalue weighted by Gasteiger charge is -2.28. The number of benzene rings is 2. The van der Waals surface area contributed by atoms with Crippen LogP contribution in [0.4, 0.5) is 4.39 Å². The summed E-state index contributed by atoms with van der Waals surface area (Å²) in [7, 11) is 0. The van der Waals surface area contributed by atoms with E-state index in [-0.39, 0.29) is 23.4 Å². The summed E-state index contributed by atoms with van der Waals surface area (Å²) in [6, 6.07) is 13.4. The number of likely N-dealkylation sites (N-methyl/N-ethyl adjacent to an activating group) is 1. The minimum absolute atomic E-state index is 0.106. The molecular formula is C21H24BrFN2O2S. The van der Waals surface area contributed by atoms with Crippen LogP contribution in [0.15, 0.2) is 53.0 Å². The van der Waals surface area contributed by atoms with Crippen LogP contribution in [0.1, 0.15) is 25.0 Å². The number of rotatable bonds is 9. The fraction of sp³-hybridized carbons (Fsp3) is 0.333. The highest BCUT2D eigenvalue weighted by Crippen LogP contribution is 2.18. The molecule has 0 aliphatic carbocycles. The average molecular weight is 467 g/mol. The van der Waals surface area contributed by atoms with Gasteiger partial charge in [0.05, 0.1) is 5.75 Å². The number of hydrogen-bond donors (Lipinski definition) is 1. The van der Waals surface area contributed by atoms with Crippen LogP contribution < -0.4 is 5.32 Å². The molecule has 1 N–H and O–H groups in total. The van der Waals surface area contributed by atoms with Crippen molar-refractivity contribution in [1.29, 1.82) is 0 Å². The zero-order valence-corrected chi connectivity index (χ0v) is 18.4. The standard InChI is InChI=1S/C21H24BrFN2O2S/c1-3-24-21(27)15(2)25(12-17-5-4-6-18(22)11-17)20(26)14-28-13-16-7-9-19(23)10-8-16/h4-11,15H,3,12-14H2,1-2H3,(H,24,27). The van der Waals surface area contributed by atoms with Crippen molar-refractivity contribution >= 4 is 39.5 Å². The molecule has 150 valence electrons. The van der Waals surface area contributed by atoms with Crippen LogP contribution in [0.5, 0.6) is 0 Å². The lowest BCUT2D eigenvalue weighted by Crippen LogP contribution is -2.48. The highest BCUT2D eigenvalue weighted by Gasteiger charge is 2.25.